The zero-order chi connectivity index (χ0) is 13.8. The van der Waals surface area contributed by atoms with Crippen molar-refractivity contribution >= 4 is 0 Å². The summed E-state index contributed by atoms with van der Waals surface area (Å²) in [6.07, 6.45) is 0. The van der Waals surface area contributed by atoms with Gasteiger partial charge in [0.05, 0.1) is 11.6 Å². The third-order valence-electron chi connectivity index (χ3n) is 2.75. The molecule has 0 fully saturated rings. The van der Waals surface area contributed by atoms with E-state index in [-0.39, 0.29) is 23.7 Å². The number of hydrogen-bond donors (Lipinski definition) is 0. The molecular formula is C15H11F2NO. The van der Waals surface area contributed by atoms with Gasteiger partial charge in [0.25, 0.3) is 0 Å². The molecule has 0 aliphatic carbocycles. The van der Waals surface area contributed by atoms with E-state index in [0.717, 1.165) is 17.2 Å². The highest BCUT2D eigenvalue weighted by Gasteiger charge is 2.06. The van der Waals surface area contributed by atoms with E-state index >= 15 is 0 Å². The van der Waals surface area contributed by atoms with Gasteiger partial charge in [-0.1, -0.05) is 6.07 Å². The average Bonchev–Trinajstić information content (AvgIpc) is 2.39. The van der Waals surface area contributed by atoms with E-state index in [1.54, 1.807) is 13.0 Å². The van der Waals surface area contributed by atoms with Gasteiger partial charge in [0.2, 0.25) is 0 Å². The number of ether oxygens (including phenoxy) is 1. The van der Waals surface area contributed by atoms with Crippen molar-refractivity contribution < 1.29 is 13.5 Å². The number of nitriles is 1. The lowest BCUT2D eigenvalue weighted by Gasteiger charge is -2.09. The van der Waals surface area contributed by atoms with Crippen molar-refractivity contribution in [2.45, 2.75) is 13.5 Å². The highest BCUT2D eigenvalue weighted by molar-refractivity contribution is 5.36. The Morgan fingerprint density at radius 2 is 1.95 bits per heavy atom. The van der Waals surface area contributed by atoms with Crippen LogP contribution in [0.5, 0.6) is 5.75 Å². The summed E-state index contributed by atoms with van der Waals surface area (Å²) in [5.74, 6) is -0.827. The molecule has 4 heteroatoms. The van der Waals surface area contributed by atoms with Crippen LogP contribution in [0.2, 0.25) is 0 Å². The molecule has 2 aromatic rings. The van der Waals surface area contributed by atoms with Crippen LogP contribution in [0.25, 0.3) is 0 Å². The summed E-state index contributed by atoms with van der Waals surface area (Å²) in [7, 11) is 0. The number of hydrogen-bond acceptors (Lipinski definition) is 2. The van der Waals surface area contributed by atoms with Crippen LogP contribution >= 0.6 is 0 Å². The summed E-state index contributed by atoms with van der Waals surface area (Å²) in [6.45, 7) is 1.91. The highest BCUT2D eigenvalue weighted by atomic mass is 19.1. The maximum Gasteiger partial charge on any atom is 0.166 e. The molecule has 0 aromatic heterocycles. The van der Waals surface area contributed by atoms with Gasteiger partial charge in [-0.2, -0.15) is 5.26 Å². The highest BCUT2D eigenvalue weighted by Crippen LogP contribution is 2.20. The van der Waals surface area contributed by atoms with Gasteiger partial charge in [-0.05, 0) is 48.4 Å². The Kier molecular flexibility index (Phi) is 3.76. The van der Waals surface area contributed by atoms with Crippen molar-refractivity contribution in [1.29, 1.82) is 5.26 Å². The minimum atomic E-state index is -0.584. The lowest BCUT2D eigenvalue weighted by Crippen LogP contribution is -2.00. The van der Waals surface area contributed by atoms with Gasteiger partial charge < -0.3 is 4.74 Å². The Morgan fingerprint density at radius 1 is 1.16 bits per heavy atom. The van der Waals surface area contributed by atoms with E-state index in [2.05, 4.69) is 0 Å². The summed E-state index contributed by atoms with van der Waals surface area (Å²) >= 11 is 0. The number of nitrogens with zero attached hydrogens (tertiary/aromatic N) is 1. The van der Waals surface area contributed by atoms with Crippen LogP contribution in [0, 0.1) is 29.9 Å². The second-order valence-electron chi connectivity index (χ2n) is 4.12. The molecule has 19 heavy (non-hydrogen) atoms. The minimum absolute atomic E-state index is 0.0720. The fourth-order valence-corrected chi connectivity index (χ4v) is 1.66. The maximum absolute atomic E-state index is 13.6. The quantitative estimate of drug-likeness (QED) is 0.841. The van der Waals surface area contributed by atoms with Crippen molar-refractivity contribution in [1.82, 2.24) is 0 Å². The van der Waals surface area contributed by atoms with Crippen LogP contribution in [0.4, 0.5) is 8.78 Å². The standard InChI is InChI=1S/C15H11F2NO/c1-10-6-13(16)4-3-12(10)9-19-15-5-2-11(8-18)7-14(15)17/h2-7H,9H2,1H3. The third-order valence-corrected chi connectivity index (χ3v) is 2.75. The zero-order valence-corrected chi connectivity index (χ0v) is 10.3. The Bertz CT molecular complexity index is 647. The second-order valence-corrected chi connectivity index (χ2v) is 4.12. The van der Waals surface area contributed by atoms with Crippen molar-refractivity contribution in [3.05, 3.63) is 64.7 Å². The molecule has 96 valence electrons. The van der Waals surface area contributed by atoms with Crippen LogP contribution in [0.3, 0.4) is 0 Å². The summed E-state index contributed by atoms with van der Waals surface area (Å²) in [4.78, 5) is 0. The zero-order valence-electron chi connectivity index (χ0n) is 10.3. The molecule has 0 amide bonds. The van der Waals surface area contributed by atoms with E-state index in [0.29, 0.717) is 0 Å². The van der Waals surface area contributed by atoms with Crippen molar-refractivity contribution in [2.24, 2.45) is 0 Å². The molecule has 2 aromatic carbocycles. The first-order chi connectivity index (χ1) is 9.10. The molecule has 2 nitrogen and oxygen atoms in total. The number of aryl methyl sites for hydroxylation is 1. The molecule has 0 radical (unpaired) electrons. The third kappa shape index (κ3) is 3.08. The second kappa shape index (κ2) is 5.49. The Labute approximate surface area is 109 Å². The molecule has 0 N–H and O–H groups in total. The molecule has 2 rings (SSSR count). The van der Waals surface area contributed by atoms with E-state index in [1.807, 2.05) is 6.07 Å². The summed E-state index contributed by atoms with van der Waals surface area (Å²) < 4.78 is 31.8. The van der Waals surface area contributed by atoms with E-state index in [4.69, 9.17) is 10.00 Å². The van der Waals surface area contributed by atoms with Crippen LogP contribution in [0.1, 0.15) is 16.7 Å². The minimum Gasteiger partial charge on any atom is -0.486 e. The molecule has 0 unspecified atom stereocenters. The molecule has 0 bridgehead atoms. The van der Waals surface area contributed by atoms with Crippen molar-refractivity contribution in [2.75, 3.05) is 0 Å². The monoisotopic (exact) mass is 259 g/mol. The molecule has 0 saturated heterocycles. The first-order valence-electron chi connectivity index (χ1n) is 5.67. The molecule has 0 heterocycles. The molecule has 0 spiro atoms. The van der Waals surface area contributed by atoms with E-state index in [1.165, 1.54) is 24.3 Å². The fraction of sp³-hybridized carbons (Fsp3) is 0.133. The van der Waals surface area contributed by atoms with E-state index in [9.17, 15) is 8.78 Å². The molecule has 0 aliphatic heterocycles. The molecular weight excluding hydrogens is 248 g/mol. The Morgan fingerprint density at radius 3 is 2.58 bits per heavy atom. The smallest absolute Gasteiger partial charge is 0.166 e. The Balaban J connectivity index is 2.13. The summed E-state index contributed by atoms with van der Waals surface area (Å²) in [5.41, 5.74) is 1.77. The Hall–Kier alpha value is -2.41. The maximum atomic E-state index is 13.6. The first-order valence-corrected chi connectivity index (χ1v) is 5.67. The van der Waals surface area contributed by atoms with Crippen LogP contribution in [-0.4, -0.2) is 0 Å². The largest absolute Gasteiger partial charge is 0.486 e. The number of halogens is 2. The molecule has 0 aliphatic rings. The van der Waals surface area contributed by atoms with Gasteiger partial charge in [0, 0.05) is 0 Å². The van der Waals surface area contributed by atoms with Crippen LogP contribution in [0.15, 0.2) is 36.4 Å². The fourth-order valence-electron chi connectivity index (χ4n) is 1.66. The van der Waals surface area contributed by atoms with Gasteiger partial charge in [-0.15, -0.1) is 0 Å². The topological polar surface area (TPSA) is 33.0 Å². The predicted octanol–water partition coefficient (Wildman–Crippen LogP) is 3.72. The molecule has 0 atom stereocenters. The first kappa shape index (κ1) is 13.0. The van der Waals surface area contributed by atoms with E-state index < -0.39 is 5.82 Å². The van der Waals surface area contributed by atoms with Gasteiger partial charge in [-0.3, -0.25) is 0 Å². The van der Waals surface area contributed by atoms with Crippen LogP contribution in [-0.2, 0) is 6.61 Å². The SMILES string of the molecule is Cc1cc(F)ccc1COc1ccc(C#N)cc1F. The van der Waals surface area contributed by atoms with Gasteiger partial charge in [-0.25, -0.2) is 8.78 Å². The normalized spacial score (nSPS) is 10.0. The predicted molar refractivity (Wildman–Crippen MR) is 66.6 cm³/mol. The summed E-state index contributed by atoms with van der Waals surface area (Å²) in [6, 6.07) is 10.2. The van der Waals surface area contributed by atoms with Crippen molar-refractivity contribution in [3.63, 3.8) is 0 Å². The average molecular weight is 259 g/mol. The summed E-state index contributed by atoms with van der Waals surface area (Å²) in [5, 5.41) is 8.63. The lowest BCUT2D eigenvalue weighted by atomic mass is 10.1. The lowest BCUT2D eigenvalue weighted by molar-refractivity contribution is 0.289. The number of rotatable bonds is 3. The van der Waals surface area contributed by atoms with Gasteiger partial charge >= 0.3 is 0 Å². The van der Waals surface area contributed by atoms with Crippen molar-refractivity contribution in [3.8, 4) is 11.8 Å². The molecule has 0 saturated carbocycles. The number of benzene rings is 2. The van der Waals surface area contributed by atoms with Crippen LogP contribution < -0.4 is 4.74 Å². The van der Waals surface area contributed by atoms with Gasteiger partial charge in [0.1, 0.15) is 12.4 Å². The van der Waals surface area contributed by atoms with Gasteiger partial charge in [0.15, 0.2) is 11.6 Å².